The van der Waals surface area contributed by atoms with Crippen molar-refractivity contribution in [3.63, 3.8) is 0 Å². The topological polar surface area (TPSA) is 111 Å². The van der Waals surface area contributed by atoms with Crippen molar-refractivity contribution in [3.8, 4) is 5.69 Å². The van der Waals surface area contributed by atoms with Crippen LogP contribution < -0.4 is 21.9 Å². The van der Waals surface area contributed by atoms with Crippen LogP contribution in [0.4, 0.5) is 11.8 Å². The number of nitrogens with one attached hydrogen (secondary N) is 2. The predicted octanol–water partition coefficient (Wildman–Crippen LogP) is 3.52. The van der Waals surface area contributed by atoms with Crippen LogP contribution in [0.5, 0.6) is 0 Å². The molecule has 0 saturated heterocycles. The maximum atomic E-state index is 13.6. The van der Waals surface area contributed by atoms with E-state index >= 15 is 0 Å². The van der Waals surface area contributed by atoms with Crippen molar-refractivity contribution in [1.82, 2.24) is 24.8 Å². The van der Waals surface area contributed by atoms with Crippen LogP contribution in [0.2, 0.25) is 5.02 Å². The molecule has 0 saturated carbocycles. The van der Waals surface area contributed by atoms with Gasteiger partial charge in [-0.25, -0.2) is 9.97 Å². The Morgan fingerprint density at radius 1 is 1.18 bits per heavy atom. The third-order valence-corrected chi connectivity index (χ3v) is 5.75. The van der Waals surface area contributed by atoms with Crippen molar-refractivity contribution < 1.29 is 0 Å². The van der Waals surface area contributed by atoms with E-state index in [1.165, 1.54) is 0 Å². The van der Waals surface area contributed by atoms with Gasteiger partial charge in [0.05, 0.1) is 33.2 Å². The normalized spacial score (nSPS) is 12.0. The lowest BCUT2D eigenvalue weighted by molar-refractivity contribution is 0.731. The zero-order valence-corrected chi connectivity index (χ0v) is 19.6. The minimum atomic E-state index is -0.438. The van der Waals surface area contributed by atoms with E-state index in [2.05, 4.69) is 20.6 Å². The molecule has 33 heavy (non-hydrogen) atoms. The third-order valence-electron chi connectivity index (χ3n) is 5.07. The van der Waals surface area contributed by atoms with Gasteiger partial charge in [0.25, 0.3) is 5.56 Å². The number of nitrogen functional groups attached to an aromatic ring is 1. The quantitative estimate of drug-likeness (QED) is 0.273. The van der Waals surface area contributed by atoms with E-state index in [1.807, 2.05) is 44.3 Å². The first-order valence-corrected chi connectivity index (χ1v) is 11.0. The summed E-state index contributed by atoms with van der Waals surface area (Å²) in [6, 6.07) is 14.1. The lowest BCUT2D eigenvalue weighted by atomic mass is 10.1. The number of nitrogens with two attached hydrogens (primary N) is 1. The van der Waals surface area contributed by atoms with Crippen molar-refractivity contribution in [3.05, 3.63) is 81.5 Å². The number of hydrogen-bond donors (Lipinski definition) is 3. The van der Waals surface area contributed by atoms with E-state index in [4.69, 9.17) is 34.5 Å². The number of aromatic nitrogens is 4. The number of anilines is 2. The Morgan fingerprint density at radius 2 is 1.94 bits per heavy atom. The average Bonchev–Trinajstić information content (AvgIpc) is 2.79. The highest BCUT2D eigenvalue weighted by molar-refractivity contribution is 7.81. The molecule has 10 heteroatoms. The van der Waals surface area contributed by atoms with Gasteiger partial charge < -0.3 is 16.4 Å². The van der Waals surface area contributed by atoms with Gasteiger partial charge in [-0.2, -0.15) is 4.98 Å². The fourth-order valence-corrected chi connectivity index (χ4v) is 4.10. The summed E-state index contributed by atoms with van der Waals surface area (Å²) in [5.41, 5.74) is 7.43. The molecule has 0 aliphatic rings. The van der Waals surface area contributed by atoms with Gasteiger partial charge in [0, 0.05) is 17.6 Å². The lowest BCUT2D eigenvalue weighted by Gasteiger charge is -2.21. The SMILES string of the molecule is CNCC(=S)c1cnc(N)nc1NC(C)c1nc2cccc(Cl)c2c(=O)n1-c1ccccc1. The zero-order valence-electron chi connectivity index (χ0n) is 18.0. The summed E-state index contributed by atoms with van der Waals surface area (Å²) in [6.07, 6.45) is 1.59. The van der Waals surface area contributed by atoms with E-state index in [1.54, 1.807) is 29.0 Å². The van der Waals surface area contributed by atoms with Crippen LogP contribution in [-0.2, 0) is 0 Å². The Bertz CT molecular complexity index is 1390. The zero-order chi connectivity index (χ0) is 23.5. The second-order valence-corrected chi connectivity index (χ2v) is 8.29. The van der Waals surface area contributed by atoms with E-state index in [-0.39, 0.29) is 11.5 Å². The summed E-state index contributed by atoms with van der Waals surface area (Å²) >= 11 is 11.9. The Hall–Kier alpha value is -3.40. The van der Waals surface area contributed by atoms with Gasteiger partial charge in [-0.1, -0.05) is 48.1 Å². The molecule has 0 radical (unpaired) electrons. The molecule has 8 nitrogen and oxygen atoms in total. The average molecular weight is 480 g/mol. The number of fused-ring (bicyclic) bond motifs is 1. The molecular formula is C23H22ClN7OS. The van der Waals surface area contributed by atoms with Gasteiger partial charge in [0.15, 0.2) is 0 Å². The van der Waals surface area contributed by atoms with Crippen molar-refractivity contribution in [2.45, 2.75) is 13.0 Å². The summed E-state index contributed by atoms with van der Waals surface area (Å²) in [4.78, 5) is 27.4. The van der Waals surface area contributed by atoms with Crippen LogP contribution >= 0.6 is 23.8 Å². The van der Waals surface area contributed by atoms with Gasteiger partial charge >= 0.3 is 0 Å². The third kappa shape index (κ3) is 4.56. The molecule has 0 aliphatic heterocycles. The maximum Gasteiger partial charge on any atom is 0.267 e. The highest BCUT2D eigenvalue weighted by atomic mass is 35.5. The Kier molecular flexibility index (Phi) is 6.64. The number of hydrogen-bond acceptors (Lipinski definition) is 8. The number of nitrogens with zero attached hydrogens (tertiary/aromatic N) is 4. The van der Waals surface area contributed by atoms with Crippen LogP contribution in [0.3, 0.4) is 0 Å². The predicted molar refractivity (Wildman–Crippen MR) is 136 cm³/mol. The van der Waals surface area contributed by atoms with Crippen LogP contribution in [-0.4, -0.2) is 38.0 Å². The fourth-order valence-electron chi connectivity index (χ4n) is 3.56. The largest absolute Gasteiger partial charge is 0.368 e. The molecule has 4 aromatic rings. The van der Waals surface area contributed by atoms with Gasteiger partial charge in [-0.15, -0.1) is 0 Å². The Morgan fingerprint density at radius 3 is 2.67 bits per heavy atom. The molecule has 0 fully saturated rings. The molecule has 1 atom stereocenters. The summed E-state index contributed by atoms with van der Waals surface area (Å²) in [5.74, 6) is 1.07. The minimum absolute atomic E-state index is 0.111. The smallest absolute Gasteiger partial charge is 0.267 e. The Balaban J connectivity index is 1.88. The molecule has 2 heterocycles. The molecule has 2 aromatic heterocycles. The number of benzene rings is 2. The first kappa shape index (κ1) is 22.8. The lowest BCUT2D eigenvalue weighted by Crippen LogP contribution is -2.28. The number of likely N-dealkylation sites (N-methyl/N-ethyl adjacent to an activating group) is 1. The van der Waals surface area contributed by atoms with Crippen LogP contribution in [0, 0.1) is 0 Å². The first-order valence-electron chi connectivity index (χ1n) is 10.2. The standard InChI is InChI=1S/C23H22ClN7OS/c1-13(28-20-15(18(33)12-26-2)11-27-23(25)30-20)21-29-17-10-6-9-16(24)19(17)22(32)31(21)14-7-4-3-5-8-14/h3-11,13,26H,12H2,1-2H3,(H3,25,27,28,30). The minimum Gasteiger partial charge on any atom is -0.368 e. The second kappa shape index (κ2) is 9.62. The summed E-state index contributed by atoms with van der Waals surface area (Å²) < 4.78 is 1.56. The maximum absolute atomic E-state index is 13.6. The van der Waals surface area contributed by atoms with Gasteiger partial charge in [0.2, 0.25) is 5.95 Å². The second-order valence-electron chi connectivity index (χ2n) is 7.39. The molecule has 0 spiro atoms. The highest BCUT2D eigenvalue weighted by Gasteiger charge is 2.21. The first-order chi connectivity index (χ1) is 15.9. The molecule has 0 aliphatic carbocycles. The summed E-state index contributed by atoms with van der Waals surface area (Å²) in [5, 5.41) is 7.07. The van der Waals surface area contributed by atoms with Crippen molar-refractivity contribution >= 4 is 51.4 Å². The highest BCUT2D eigenvalue weighted by Crippen LogP contribution is 2.25. The number of rotatable bonds is 7. The molecular weight excluding hydrogens is 458 g/mol. The molecule has 0 bridgehead atoms. The summed E-state index contributed by atoms with van der Waals surface area (Å²) in [6.45, 7) is 2.37. The number of thiocarbonyl (C=S) groups is 1. The number of para-hydroxylation sites is 1. The van der Waals surface area contributed by atoms with Gasteiger partial charge in [0.1, 0.15) is 11.6 Å². The van der Waals surface area contributed by atoms with Crippen molar-refractivity contribution in [2.75, 3.05) is 24.6 Å². The van der Waals surface area contributed by atoms with Crippen molar-refractivity contribution in [1.29, 1.82) is 0 Å². The molecule has 2 aromatic carbocycles. The molecule has 4 rings (SSSR count). The monoisotopic (exact) mass is 479 g/mol. The molecule has 0 amide bonds. The van der Waals surface area contributed by atoms with E-state index in [0.29, 0.717) is 50.2 Å². The van der Waals surface area contributed by atoms with Crippen LogP contribution in [0.15, 0.2) is 59.5 Å². The molecule has 1 unspecified atom stereocenters. The van der Waals surface area contributed by atoms with E-state index < -0.39 is 6.04 Å². The van der Waals surface area contributed by atoms with E-state index in [0.717, 1.165) is 0 Å². The Labute approximate surface area is 200 Å². The van der Waals surface area contributed by atoms with Gasteiger partial charge in [-0.05, 0) is 38.2 Å². The van der Waals surface area contributed by atoms with Crippen LogP contribution in [0.25, 0.3) is 16.6 Å². The molecule has 4 N–H and O–H groups in total. The van der Waals surface area contributed by atoms with Gasteiger partial charge in [-0.3, -0.25) is 9.36 Å². The van der Waals surface area contributed by atoms with Crippen molar-refractivity contribution in [2.24, 2.45) is 0 Å². The summed E-state index contributed by atoms with van der Waals surface area (Å²) in [7, 11) is 1.81. The van der Waals surface area contributed by atoms with E-state index in [9.17, 15) is 4.79 Å². The fraction of sp³-hybridized carbons (Fsp3) is 0.174. The molecule has 168 valence electrons. The van der Waals surface area contributed by atoms with Crippen LogP contribution in [0.1, 0.15) is 24.4 Å². The number of halogens is 1.